The van der Waals surface area contributed by atoms with Gasteiger partial charge in [0.2, 0.25) is 0 Å². The maximum atomic E-state index is 11.8. The Hall–Kier alpha value is -1.83. The molecule has 5 nitrogen and oxygen atoms in total. The van der Waals surface area contributed by atoms with Crippen molar-refractivity contribution in [3.8, 4) is 6.07 Å². The van der Waals surface area contributed by atoms with Crippen molar-refractivity contribution in [2.24, 2.45) is 0 Å². The Morgan fingerprint density at radius 3 is 2.44 bits per heavy atom. The SMILES string of the molecule is CN(C)C(=O)c1cnn(C(C)(C)C)c1C#N. The van der Waals surface area contributed by atoms with Gasteiger partial charge in [-0.25, -0.2) is 4.68 Å². The van der Waals surface area contributed by atoms with Gasteiger partial charge in [0.15, 0.2) is 5.69 Å². The van der Waals surface area contributed by atoms with Crippen LogP contribution < -0.4 is 0 Å². The Bertz CT molecular complexity index is 446. The molecule has 16 heavy (non-hydrogen) atoms. The number of rotatable bonds is 1. The van der Waals surface area contributed by atoms with Gasteiger partial charge in [-0.2, -0.15) is 10.4 Å². The number of nitrogens with zero attached hydrogens (tertiary/aromatic N) is 4. The third-order valence-electron chi connectivity index (χ3n) is 2.15. The second kappa shape index (κ2) is 3.97. The topological polar surface area (TPSA) is 61.9 Å². The van der Waals surface area contributed by atoms with Gasteiger partial charge in [-0.05, 0) is 20.8 Å². The van der Waals surface area contributed by atoms with E-state index in [1.807, 2.05) is 26.8 Å². The summed E-state index contributed by atoms with van der Waals surface area (Å²) in [6.45, 7) is 5.81. The van der Waals surface area contributed by atoms with Crippen LogP contribution >= 0.6 is 0 Å². The van der Waals surface area contributed by atoms with Crippen molar-refractivity contribution in [3.05, 3.63) is 17.5 Å². The van der Waals surface area contributed by atoms with E-state index in [-0.39, 0.29) is 11.4 Å². The van der Waals surface area contributed by atoms with Crippen LogP contribution in [0.3, 0.4) is 0 Å². The molecule has 1 aromatic heterocycles. The number of hydrogen-bond donors (Lipinski definition) is 0. The summed E-state index contributed by atoms with van der Waals surface area (Å²) >= 11 is 0. The van der Waals surface area contributed by atoms with E-state index in [2.05, 4.69) is 5.10 Å². The second-order valence-electron chi connectivity index (χ2n) is 4.80. The zero-order valence-electron chi connectivity index (χ0n) is 10.3. The van der Waals surface area contributed by atoms with E-state index < -0.39 is 0 Å². The van der Waals surface area contributed by atoms with Crippen LogP contribution in [0.15, 0.2) is 6.20 Å². The summed E-state index contributed by atoms with van der Waals surface area (Å²) < 4.78 is 1.57. The number of carbonyl (C=O) groups is 1. The first kappa shape index (κ1) is 12.2. The molecule has 0 saturated carbocycles. The molecule has 5 heteroatoms. The van der Waals surface area contributed by atoms with Gasteiger partial charge in [0, 0.05) is 14.1 Å². The largest absolute Gasteiger partial charge is 0.345 e. The Morgan fingerprint density at radius 2 is 2.06 bits per heavy atom. The first-order valence-corrected chi connectivity index (χ1v) is 4.99. The van der Waals surface area contributed by atoms with E-state index in [0.29, 0.717) is 11.3 Å². The van der Waals surface area contributed by atoms with Gasteiger partial charge in [-0.15, -0.1) is 0 Å². The lowest BCUT2D eigenvalue weighted by atomic mass is 10.1. The molecule has 1 aromatic rings. The van der Waals surface area contributed by atoms with E-state index in [1.165, 1.54) is 11.1 Å². The average molecular weight is 220 g/mol. The Morgan fingerprint density at radius 1 is 1.50 bits per heavy atom. The smallest absolute Gasteiger partial charge is 0.257 e. The van der Waals surface area contributed by atoms with Crippen LogP contribution in [0.4, 0.5) is 0 Å². The summed E-state index contributed by atoms with van der Waals surface area (Å²) in [4.78, 5) is 13.2. The summed E-state index contributed by atoms with van der Waals surface area (Å²) in [5, 5.41) is 13.2. The third-order valence-corrected chi connectivity index (χ3v) is 2.15. The van der Waals surface area contributed by atoms with Crippen LogP contribution in [-0.2, 0) is 5.54 Å². The molecular weight excluding hydrogens is 204 g/mol. The molecule has 1 heterocycles. The summed E-state index contributed by atoms with van der Waals surface area (Å²) in [5.74, 6) is -0.202. The van der Waals surface area contributed by atoms with Crippen molar-refractivity contribution >= 4 is 5.91 Å². The lowest BCUT2D eigenvalue weighted by Crippen LogP contribution is -2.26. The second-order valence-corrected chi connectivity index (χ2v) is 4.80. The van der Waals surface area contributed by atoms with Gasteiger partial charge in [-0.3, -0.25) is 4.79 Å². The van der Waals surface area contributed by atoms with Crippen LogP contribution in [0, 0.1) is 11.3 Å². The predicted octanol–water partition coefficient (Wildman–Crippen LogP) is 1.21. The summed E-state index contributed by atoms with van der Waals surface area (Å²) in [5.41, 5.74) is 0.351. The highest BCUT2D eigenvalue weighted by Crippen LogP contribution is 2.19. The van der Waals surface area contributed by atoms with Crippen molar-refractivity contribution in [3.63, 3.8) is 0 Å². The highest BCUT2D eigenvalue weighted by Gasteiger charge is 2.24. The molecule has 0 fully saturated rings. The lowest BCUT2D eigenvalue weighted by Gasteiger charge is -2.20. The van der Waals surface area contributed by atoms with E-state index >= 15 is 0 Å². The lowest BCUT2D eigenvalue weighted by molar-refractivity contribution is 0.0827. The molecule has 0 bridgehead atoms. The minimum absolute atomic E-state index is 0.202. The van der Waals surface area contributed by atoms with Gasteiger partial charge < -0.3 is 4.90 Å². The summed E-state index contributed by atoms with van der Waals surface area (Å²) in [6.07, 6.45) is 1.45. The van der Waals surface area contributed by atoms with Crippen LogP contribution in [0.1, 0.15) is 36.8 Å². The average Bonchev–Trinajstić information content (AvgIpc) is 2.58. The molecular formula is C11H16N4O. The molecule has 0 saturated heterocycles. The minimum Gasteiger partial charge on any atom is -0.345 e. The predicted molar refractivity (Wildman–Crippen MR) is 60.0 cm³/mol. The molecule has 0 aliphatic carbocycles. The quantitative estimate of drug-likeness (QED) is 0.714. The molecule has 0 aliphatic rings. The third kappa shape index (κ3) is 2.06. The maximum Gasteiger partial charge on any atom is 0.257 e. The van der Waals surface area contributed by atoms with Crippen LogP contribution in [0.25, 0.3) is 0 Å². The van der Waals surface area contributed by atoms with Crippen molar-refractivity contribution in [2.45, 2.75) is 26.3 Å². The van der Waals surface area contributed by atoms with Gasteiger partial charge >= 0.3 is 0 Å². The van der Waals surface area contributed by atoms with Gasteiger partial charge in [0.1, 0.15) is 6.07 Å². The van der Waals surface area contributed by atoms with E-state index in [1.54, 1.807) is 18.8 Å². The standard InChI is InChI=1S/C11H16N4O/c1-11(2,3)15-9(6-12)8(7-13-15)10(16)14(4)5/h7H,1-5H3. The van der Waals surface area contributed by atoms with Crippen LogP contribution in [-0.4, -0.2) is 34.7 Å². The highest BCUT2D eigenvalue weighted by molar-refractivity contribution is 5.95. The van der Waals surface area contributed by atoms with E-state index in [9.17, 15) is 4.79 Å². The zero-order valence-corrected chi connectivity index (χ0v) is 10.3. The van der Waals surface area contributed by atoms with Crippen LogP contribution in [0.2, 0.25) is 0 Å². The molecule has 0 N–H and O–H groups in total. The van der Waals surface area contributed by atoms with Crippen molar-refractivity contribution in [1.29, 1.82) is 5.26 Å². The number of carbonyl (C=O) groups excluding carboxylic acids is 1. The normalized spacial score (nSPS) is 11.0. The van der Waals surface area contributed by atoms with E-state index in [4.69, 9.17) is 5.26 Å². The first-order chi connectivity index (χ1) is 7.29. The van der Waals surface area contributed by atoms with Gasteiger partial charge in [-0.1, -0.05) is 0 Å². The zero-order chi connectivity index (χ0) is 12.5. The summed E-state index contributed by atoms with van der Waals surface area (Å²) in [6, 6.07) is 2.04. The number of hydrogen-bond acceptors (Lipinski definition) is 3. The number of amides is 1. The molecule has 0 unspecified atom stereocenters. The van der Waals surface area contributed by atoms with Crippen LogP contribution in [0.5, 0.6) is 0 Å². The first-order valence-electron chi connectivity index (χ1n) is 4.99. The maximum absolute atomic E-state index is 11.8. The van der Waals surface area contributed by atoms with E-state index in [0.717, 1.165) is 0 Å². The van der Waals surface area contributed by atoms with Crippen molar-refractivity contribution < 1.29 is 4.79 Å². The molecule has 86 valence electrons. The fraction of sp³-hybridized carbons (Fsp3) is 0.545. The monoisotopic (exact) mass is 220 g/mol. The van der Waals surface area contributed by atoms with Gasteiger partial charge in [0.05, 0.1) is 17.3 Å². The highest BCUT2D eigenvalue weighted by atomic mass is 16.2. The number of aromatic nitrogens is 2. The molecule has 1 rings (SSSR count). The molecule has 1 amide bonds. The molecule has 0 aliphatic heterocycles. The van der Waals surface area contributed by atoms with Gasteiger partial charge in [0.25, 0.3) is 5.91 Å². The fourth-order valence-corrected chi connectivity index (χ4v) is 1.36. The Balaban J connectivity index is 3.32. The molecule has 0 aromatic carbocycles. The molecule has 0 spiro atoms. The minimum atomic E-state index is -0.310. The van der Waals surface area contributed by atoms with Crippen molar-refractivity contribution in [2.75, 3.05) is 14.1 Å². The molecule has 0 atom stereocenters. The fourth-order valence-electron chi connectivity index (χ4n) is 1.36. The molecule has 0 radical (unpaired) electrons. The number of nitriles is 1. The Kier molecular flexibility index (Phi) is 3.04. The Labute approximate surface area is 95.3 Å². The van der Waals surface area contributed by atoms with Crippen molar-refractivity contribution in [1.82, 2.24) is 14.7 Å². The summed E-state index contributed by atoms with van der Waals surface area (Å²) in [7, 11) is 3.30.